The van der Waals surface area contributed by atoms with Gasteiger partial charge < -0.3 is 20.2 Å². The molecule has 0 spiro atoms. The van der Waals surface area contributed by atoms with Crippen LogP contribution >= 0.6 is 0 Å². The number of hydrogen-bond donors (Lipinski definition) is 2. The van der Waals surface area contributed by atoms with Gasteiger partial charge in [0, 0.05) is 35.3 Å². The molecule has 7 nitrogen and oxygen atoms in total. The largest absolute Gasteiger partial charge is 0.496 e. The van der Waals surface area contributed by atoms with E-state index in [4.69, 9.17) is 4.74 Å². The molecule has 0 radical (unpaired) electrons. The number of halogens is 2. The van der Waals surface area contributed by atoms with Crippen LogP contribution in [0.1, 0.15) is 51.8 Å². The van der Waals surface area contributed by atoms with E-state index in [1.807, 2.05) is 58.3 Å². The highest BCUT2D eigenvalue weighted by molar-refractivity contribution is 6.04. The normalized spacial score (nSPS) is 11.7. The number of carbonyl (C=O) groups excluding carboxylic acids is 1. The average Bonchev–Trinajstić information content (AvgIpc) is 3.25. The first-order chi connectivity index (χ1) is 19.9. The summed E-state index contributed by atoms with van der Waals surface area (Å²) >= 11 is 0. The summed E-state index contributed by atoms with van der Waals surface area (Å²) in [7, 11) is 5.64. The molecule has 0 aliphatic heterocycles. The molecule has 0 aliphatic carbocycles. The standard InChI is InChI=1S/C33H38F2N4O3/c1-8-33(34,35)25-13-10-14-26(19-25)37-32(40)29-22(4)36-31(39(29)41)24-17-23(15-16-38(5)6)30(42-7)27(18-24)28-20(2)11-9-12-21(28)3/h9-14,17-19,41H,8,15-16H2,1-7H3,(H,37,40). The highest BCUT2D eigenvalue weighted by Gasteiger charge is 2.30. The zero-order chi connectivity index (χ0) is 30.8. The lowest BCUT2D eigenvalue weighted by molar-refractivity contribution is -0.00825. The molecule has 0 unspecified atom stereocenters. The summed E-state index contributed by atoms with van der Waals surface area (Å²) in [5.74, 6) is -2.76. The van der Waals surface area contributed by atoms with Crippen molar-refractivity contribution in [2.45, 2.75) is 46.5 Å². The second-order valence-electron chi connectivity index (χ2n) is 10.8. The second kappa shape index (κ2) is 12.3. The molecule has 222 valence electrons. The summed E-state index contributed by atoms with van der Waals surface area (Å²) in [6.45, 7) is 7.87. The SMILES string of the molecule is CCC(F)(F)c1cccc(NC(=O)c2c(C)nc(-c3cc(CCN(C)C)c(OC)c(-c4c(C)cccc4C)c3)n2O)c1. The van der Waals surface area contributed by atoms with Gasteiger partial charge in [0.1, 0.15) is 5.75 Å². The van der Waals surface area contributed by atoms with Crippen LogP contribution in [-0.2, 0) is 12.3 Å². The third-order valence-electron chi connectivity index (χ3n) is 7.44. The highest BCUT2D eigenvalue weighted by atomic mass is 19.3. The lowest BCUT2D eigenvalue weighted by Gasteiger charge is -2.20. The number of hydrogen-bond acceptors (Lipinski definition) is 5. The number of rotatable bonds is 10. The van der Waals surface area contributed by atoms with E-state index in [1.165, 1.54) is 31.2 Å². The number of alkyl halides is 2. The number of aromatic nitrogens is 2. The first-order valence-corrected chi connectivity index (χ1v) is 13.9. The van der Waals surface area contributed by atoms with E-state index in [0.29, 0.717) is 17.7 Å². The Bertz CT molecular complexity index is 1590. The molecular weight excluding hydrogens is 538 g/mol. The smallest absolute Gasteiger partial charge is 0.277 e. The van der Waals surface area contributed by atoms with Crippen molar-refractivity contribution in [3.05, 3.63) is 88.2 Å². The summed E-state index contributed by atoms with van der Waals surface area (Å²) < 4.78 is 35.2. The predicted molar refractivity (Wildman–Crippen MR) is 162 cm³/mol. The van der Waals surface area contributed by atoms with Crippen LogP contribution in [0.3, 0.4) is 0 Å². The van der Waals surface area contributed by atoms with E-state index < -0.39 is 11.8 Å². The van der Waals surface area contributed by atoms with E-state index in [0.717, 1.165) is 44.8 Å². The lowest BCUT2D eigenvalue weighted by Crippen LogP contribution is -2.18. The number of nitrogens with zero attached hydrogens (tertiary/aromatic N) is 3. The molecule has 0 atom stereocenters. The molecule has 1 heterocycles. The first-order valence-electron chi connectivity index (χ1n) is 13.9. The van der Waals surface area contributed by atoms with Crippen LogP contribution in [0.25, 0.3) is 22.5 Å². The van der Waals surface area contributed by atoms with Gasteiger partial charge in [-0.3, -0.25) is 4.79 Å². The van der Waals surface area contributed by atoms with Gasteiger partial charge in [0.05, 0.1) is 12.8 Å². The molecule has 9 heteroatoms. The minimum absolute atomic E-state index is 0.0862. The Morgan fingerprint density at radius 3 is 2.36 bits per heavy atom. The third kappa shape index (κ3) is 6.16. The zero-order valence-electron chi connectivity index (χ0n) is 25.2. The Labute approximate surface area is 245 Å². The Hall–Kier alpha value is -4.24. The van der Waals surface area contributed by atoms with Crippen molar-refractivity contribution >= 4 is 11.6 Å². The molecule has 42 heavy (non-hydrogen) atoms. The number of likely N-dealkylation sites (N-methyl/N-ethyl adjacent to an activating group) is 1. The Balaban J connectivity index is 1.81. The lowest BCUT2D eigenvalue weighted by atomic mass is 9.91. The summed E-state index contributed by atoms with van der Waals surface area (Å²) in [6, 6.07) is 15.5. The van der Waals surface area contributed by atoms with Gasteiger partial charge in [-0.25, -0.2) is 13.8 Å². The van der Waals surface area contributed by atoms with Crippen LogP contribution in [-0.4, -0.2) is 53.5 Å². The Morgan fingerprint density at radius 2 is 1.74 bits per heavy atom. The van der Waals surface area contributed by atoms with Crippen molar-refractivity contribution in [2.24, 2.45) is 0 Å². The number of imidazole rings is 1. The molecular formula is C33H38F2N4O3. The molecule has 4 rings (SSSR count). The van der Waals surface area contributed by atoms with Crippen LogP contribution in [0.2, 0.25) is 0 Å². The van der Waals surface area contributed by atoms with Crippen molar-refractivity contribution in [3.63, 3.8) is 0 Å². The van der Waals surface area contributed by atoms with Crippen molar-refractivity contribution in [1.82, 2.24) is 14.6 Å². The number of carbonyl (C=O) groups is 1. The van der Waals surface area contributed by atoms with Gasteiger partial charge in [0.15, 0.2) is 11.5 Å². The van der Waals surface area contributed by atoms with Crippen LogP contribution in [0.15, 0.2) is 54.6 Å². The maximum atomic E-state index is 14.3. The number of aryl methyl sites for hydroxylation is 3. The van der Waals surface area contributed by atoms with Gasteiger partial charge in [-0.1, -0.05) is 37.3 Å². The van der Waals surface area contributed by atoms with Gasteiger partial charge in [-0.15, -0.1) is 0 Å². The van der Waals surface area contributed by atoms with Crippen molar-refractivity contribution in [3.8, 4) is 28.3 Å². The average molecular weight is 577 g/mol. The third-order valence-corrected chi connectivity index (χ3v) is 7.44. The summed E-state index contributed by atoms with van der Waals surface area (Å²) in [5.41, 5.74) is 5.78. The molecule has 2 N–H and O–H groups in total. The topological polar surface area (TPSA) is 79.6 Å². The number of anilines is 1. The number of methoxy groups -OCH3 is 1. The maximum Gasteiger partial charge on any atom is 0.277 e. The number of nitrogens with one attached hydrogen (secondary N) is 1. The Morgan fingerprint density at radius 1 is 1.07 bits per heavy atom. The minimum Gasteiger partial charge on any atom is -0.496 e. The van der Waals surface area contributed by atoms with E-state index in [9.17, 15) is 18.8 Å². The number of benzene rings is 3. The van der Waals surface area contributed by atoms with E-state index in [-0.39, 0.29) is 29.2 Å². The summed E-state index contributed by atoms with van der Waals surface area (Å²) in [4.78, 5) is 20.0. The maximum absolute atomic E-state index is 14.3. The molecule has 0 fully saturated rings. The zero-order valence-corrected chi connectivity index (χ0v) is 25.2. The van der Waals surface area contributed by atoms with Gasteiger partial charge >= 0.3 is 0 Å². The first kappa shape index (κ1) is 30.7. The van der Waals surface area contributed by atoms with Gasteiger partial charge in [0.25, 0.3) is 11.8 Å². The predicted octanol–water partition coefficient (Wildman–Crippen LogP) is 7.25. The van der Waals surface area contributed by atoms with Crippen LogP contribution in [0, 0.1) is 20.8 Å². The molecule has 0 bridgehead atoms. The van der Waals surface area contributed by atoms with E-state index in [2.05, 4.69) is 15.2 Å². The van der Waals surface area contributed by atoms with Crippen LogP contribution < -0.4 is 10.1 Å². The Kier molecular flexibility index (Phi) is 9.01. The summed E-state index contributed by atoms with van der Waals surface area (Å²) in [5, 5.41) is 13.9. The summed E-state index contributed by atoms with van der Waals surface area (Å²) in [6.07, 6.45) is 0.317. The van der Waals surface area contributed by atoms with Gasteiger partial charge in [-0.05, 0) is 87.8 Å². The molecule has 4 aromatic rings. The molecule has 0 aliphatic rings. The van der Waals surface area contributed by atoms with E-state index in [1.54, 1.807) is 14.0 Å². The molecule has 0 saturated heterocycles. The fraction of sp³-hybridized carbons (Fsp3) is 0.333. The fourth-order valence-electron chi connectivity index (χ4n) is 5.20. The molecule has 0 saturated carbocycles. The van der Waals surface area contributed by atoms with Gasteiger partial charge in [-0.2, -0.15) is 4.73 Å². The van der Waals surface area contributed by atoms with Gasteiger partial charge in [0.2, 0.25) is 0 Å². The second-order valence-corrected chi connectivity index (χ2v) is 10.8. The number of ether oxygens (including phenoxy) is 1. The number of amides is 1. The molecule has 3 aromatic carbocycles. The highest BCUT2D eigenvalue weighted by Crippen LogP contribution is 2.41. The monoisotopic (exact) mass is 576 g/mol. The van der Waals surface area contributed by atoms with Crippen LogP contribution in [0.5, 0.6) is 5.75 Å². The van der Waals surface area contributed by atoms with Crippen molar-refractivity contribution in [1.29, 1.82) is 0 Å². The van der Waals surface area contributed by atoms with Crippen molar-refractivity contribution < 1.29 is 23.5 Å². The van der Waals surface area contributed by atoms with Crippen LogP contribution in [0.4, 0.5) is 14.5 Å². The minimum atomic E-state index is -3.02. The quantitative estimate of drug-likeness (QED) is 0.195. The fourth-order valence-corrected chi connectivity index (χ4v) is 5.20. The molecule has 1 amide bonds. The van der Waals surface area contributed by atoms with E-state index >= 15 is 0 Å². The molecule has 1 aromatic heterocycles. The van der Waals surface area contributed by atoms with Crippen molar-refractivity contribution in [2.75, 3.05) is 33.1 Å².